The minimum Gasteiger partial charge on any atom is -0.294 e. The Kier molecular flexibility index (Phi) is 3.09. The number of nitrogens with zero attached hydrogens (tertiary/aromatic N) is 2. The first-order chi connectivity index (χ1) is 14.1. The third kappa shape index (κ3) is 2.04. The highest BCUT2D eigenvalue weighted by molar-refractivity contribution is 6.36. The summed E-state index contributed by atoms with van der Waals surface area (Å²) < 4.78 is 0. The number of carbonyl (C=O) groups excluding carboxylic acids is 3. The molecule has 0 bridgehead atoms. The molecule has 6 rings (SSSR count). The zero-order valence-electron chi connectivity index (χ0n) is 15.7. The van der Waals surface area contributed by atoms with E-state index in [0.717, 1.165) is 39.4 Å². The molecule has 5 nitrogen and oxygen atoms in total. The van der Waals surface area contributed by atoms with Gasteiger partial charge in [-0.1, -0.05) is 30.3 Å². The van der Waals surface area contributed by atoms with Crippen LogP contribution in [0.4, 0.5) is 0 Å². The minimum absolute atomic E-state index is 0.0186. The number of aromatic nitrogens is 1. The standard InChI is InChI=1S/C24H16N2O3/c1-26-23(28)15-7-4-6-14-18-13-5-2-3-8-17(13)25-11-16(18)20(22(27)12-9-10-12)21(19(14)15)24(26)29/h2-8,11-12H,9-10H2,1H3. The molecule has 0 N–H and O–H groups in total. The number of para-hydroxylation sites is 1. The van der Waals surface area contributed by atoms with Gasteiger partial charge < -0.3 is 0 Å². The van der Waals surface area contributed by atoms with Crippen molar-refractivity contribution in [1.29, 1.82) is 0 Å². The molecule has 0 atom stereocenters. The second-order valence-corrected chi connectivity index (χ2v) is 7.85. The van der Waals surface area contributed by atoms with Gasteiger partial charge in [-0.25, -0.2) is 0 Å². The lowest BCUT2D eigenvalue weighted by atomic mass is 9.83. The van der Waals surface area contributed by atoms with Crippen LogP contribution in [-0.4, -0.2) is 34.5 Å². The van der Waals surface area contributed by atoms with Gasteiger partial charge in [-0.3, -0.25) is 24.3 Å². The van der Waals surface area contributed by atoms with E-state index < -0.39 is 5.91 Å². The van der Waals surface area contributed by atoms with Crippen LogP contribution in [0.25, 0.3) is 32.4 Å². The number of hydrogen-bond acceptors (Lipinski definition) is 4. The number of fused-ring (bicyclic) bond motifs is 4. The van der Waals surface area contributed by atoms with Crippen LogP contribution < -0.4 is 0 Å². The van der Waals surface area contributed by atoms with Gasteiger partial charge in [0.15, 0.2) is 5.78 Å². The number of hydrogen-bond donors (Lipinski definition) is 0. The molecular formula is C24H16N2O3. The molecule has 2 aliphatic rings. The second-order valence-electron chi connectivity index (χ2n) is 7.85. The molecule has 0 saturated heterocycles. The first kappa shape index (κ1) is 16.4. The highest BCUT2D eigenvalue weighted by atomic mass is 16.2. The van der Waals surface area contributed by atoms with Crippen LogP contribution in [0.1, 0.15) is 43.9 Å². The fourth-order valence-electron chi connectivity index (χ4n) is 4.55. The van der Waals surface area contributed by atoms with E-state index in [1.807, 2.05) is 36.4 Å². The van der Waals surface area contributed by atoms with Crippen LogP contribution in [-0.2, 0) is 0 Å². The summed E-state index contributed by atoms with van der Waals surface area (Å²) in [6.45, 7) is 0. The molecule has 29 heavy (non-hydrogen) atoms. The van der Waals surface area contributed by atoms with Crippen molar-refractivity contribution in [3.63, 3.8) is 0 Å². The number of imide groups is 1. The molecule has 1 aliphatic carbocycles. The van der Waals surface area contributed by atoms with Crippen LogP contribution in [0.15, 0.2) is 48.7 Å². The molecule has 1 aromatic heterocycles. The molecule has 140 valence electrons. The van der Waals surface area contributed by atoms with Crippen molar-refractivity contribution in [3.05, 3.63) is 65.4 Å². The molecule has 0 unspecified atom stereocenters. The summed E-state index contributed by atoms with van der Waals surface area (Å²) in [5.41, 5.74) is 2.05. The maximum Gasteiger partial charge on any atom is 0.261 e. The third-order valence-electron chi connectivity index (χ3n) is 6.13. The van der Waals surface area contributed by atoms with Crippen molar-refractivity contribution in [2.75, 3.05) is 7.05 Å². The molecule has 1 fully saturated rings. The normalized spacial score (nSPS) is 16.2. The van der Waals surface area contributed by atoms with E-state index >= 15 is 0 Å². The molecule has 3 aromatic carbocycles. The van der Waals surface area contributed by atoms with Crippen molar-refractivity contribution in [2.45, 2.75) is 12.8 Å². The van der Waals surface area contributed by atoms with Crippen molar-refractivity contribution in [2.24, 2.45) is 5.92 Å². The highest BCUT2D eigenvalue weighted by Crippen LogP contribution is 2.43. The number of carbonyl (C=O) groups is 3. The van der Waals surface area contributed by atoms with E-state index in [2.05, 4.69) is 4.98 Å². The Bertz CT molecular complexity index is 1430. The second kappa shape index (κ2) is 5.47. The Labute approximate surface area is 165 Å². The van der Waals surface area contributed by atoms with E-state index in [4.69, 9.17) is 0 Å². The number of Topliss-reactive ketones (excluding diaryl/α,β-unsaturated/α-hetero) is 1. The van der Waals surface area contributed by atoms with Gasteiger partial charge in [0.25, 0.3) is 11.8 Å². The van der Waals surface area contributed by atoms with Gasteiger partial charge in [-0.15, -0.1) is 0 Å². The Morgan fingerprint density at radius 2 is 1.69 bits per heavy atom. The predicted molar refractivity (Wildman–Crippen MR) is 110 cm³/mol. The van der Waals surface area contributed by atoms with Gasteiger partial charge in [0.05, 0.1) is 11.1 Å². The zero-order valence-corrected chi connectivity index (χ0v) is 15.7. The predicted octanol–water partition coefficient (Wildman–Crippen LogP) is 4.36. The lowest BCUT2D eigenvalue weighted by Crippen LogP contribution is -2.38. The van der Waals surface area contributed by atoms with Crippen LogP contribution in [0, 0.1) is 5.92 Å². The lowest BCUT2D eigenvalue weighted by Gasteiger charge is -2.27. The van der Waals surface area contributed by atoms with E-state index in [9.17, 15) is 14.4 Å². The minimum atomic E-state index is -0.419. The summed E-state index contributed by atoms with van der Waals surface area (Å²) in [7, 11) is 1.47. The summed E-state index contributed by atoms with van der Waals surface area (Å²) in [4.78, 5) is 45.1. The summed E-state index contributed by atoms with van der Waals surface area (Å²) >= 11 is 0. The van der Waals surface area contributed by atoms with Crippen LogP contribution in [0.3, 0.4) is 0 Å². The Morgan fingerprint density at radius 3 is 2.48 bits per heavy atom. The van der Waals surface area contributed by atoms with Crippen molar-refractivity contribution in [1.82, 2.24) is 9.88 Å². The maximum atomic E-state index is 13.4. The molecule has 5 heteroatoms. The Morgan fingerprint density at radius 1 is 0.931 bits per heavy atom. The number of pyridine rings is 1. The van der Waals surface area contributed by atoms with Crippen LogP contribution in [0.2, 0.25) is 0 Å². The van der Waals surface area contributed by atoms with Crippen LogP contribution >= 0.6 is 0 Å². The van der Waals surface area contributed by atoms with E-state index in [1.54, 1.807) is 12.3 Å². The van der Waals surface area contributed by atoms with Crippen molar-refractivity contribution < 1.29 is 14.4 Å². The summed E-state index contributed by atoms with van der Waals surface area (Å²) in [6.07, 6.45) is 3.38. The van der Waals surface area contributed by atoms with Gasteiger partial charge in [-0.2, -0.15) is 0 Å². The molecule has 1 saturated carbocycles. The van der Waals surface area contributed by atoms with E-state index in [0.29, 0.717) is 27.5 Å². The topological polar surface area (TPSA) is 67.3 Å². The summed E-state index contributed by atoms with van der Waals surface area (Å²) in [5, 5.41) is 3.89. The highest BCUT2D eigenvalue weighted by Gasteiger charge is 2.39. The average molecular weight is 380 g/mol. The molecule has 2 heterocycles. The van der Waals surface area contributed by atoms with Gasteiger partial charge in [-0.05, 0) is 30.4 Å². The first-order valence-corrected chi connectivity index (χ1v) is 9.70. The SMILES string of the molecule is CN1C(=O)c2cccc3c2c(c(C(=O)C2CC2)c2cnc4ccccc4c23)C1=O. The van der Waals surface area contributed by atoms with Gasteiger partial charge in [0, 0.05) is 51.8 Å². The fraction of sp³-hybridized carbons (Fsp3) is 0.167. The van der Waals surface area contributed by atoms with Crippen LogP contribution in [0.5, 0.6) is 0 Å². The Balaban J connectivity index is 1.93. The van der Waals surface area contributed by atoms with Gasteiger partial charge >= 0.3 is 0 Å². The quantitative estimate of drug-likeness (QED) is 0.294. The average Bonchev–Trinajstić information content (AvgIpc) is 3.60. The number of ketones is 1. The molecule has 4 aromatic rings. The molecule has 0 spiro atoms. The van der Waals surface area contributed by atoms with Gasteiger partial charge in [0.2, 0.25) is 0 Å². The zero-order chi connectivity index (χ0) is 19.9. The van der Waals surface area contributed by atoms with Crippen molar-refractivity contribution >= 4 is 50.0 Å². The van der Waals surface area contributed by atoms with Gasteiger partial charge in [0.1, 0.15) is 0 Å². The first-order valence-electron chi connectivity index (χ1n) is 9.70. The summed E-state index contributed by atoms with van der Waals surface area (Å²) in [5.74, 6) is -0.829. The van der Waals surface area contributed by atoms with Crippen molar-refractivity contribution in [3.8, 4) is 0 Å². The molecular weight excluding hydrogens is 364 g/mol. The lowest BCUT2D eigenvalue weighted by molar-refractivity contribution is 0.0647. The largest absolute Gasteiger partial charge is 0.294 e. The number of benzene rings is 3. The number of amides is 2. The third-order valence-corrected chi connectivity index (χ3v) is 6.13. The summed E-state index contributed by atoms with van der Waals surface area (Å²) in [6, 6.07) is 13.3. The fourth-order valence-corrected chi connectivity index (χ4v) is 4.55. The van der Waals surface area contributed by atoms with E-state index in [1.165, 1.54) is 7.05 Å². The molecule has 1 aliphatic heterocycles. The Hall–Kier alpha value is -3.60. The molecule has 0 radical (unpaired) electrons. The van der Waals surface area contributed by atoms with E-state index in [-0.39, 0.29) is 17.6 Å². The number of rotatable bonds is 2. The molecule has 2 amide bonds. The monoisotopic (exact) mass is 380 g/mol. The maximum absolute atomic E-state index is 13.4. The smallest absolute Gasteiger partial charge is 0.261 e.